The molecule has 1 heterocycles. The van der Waals surface area contributed by atoms with Gasteiger partial charge in [-0.2, -0.15) is 0 Å². The topological polar surface area (TPSA) is 12.0 Å². The number of thiophene rings is 1. The van der Waals surface area contributed by atoms with E-state index in [1.54, 1.807) is 17.4 Å². The zero-order valence-corrected chi connectivity index (χ0v) is 13.4. The number of hydrogen-bond acceptors (Lipinski definition) is 2. The van der Waals surface area contributed by atoms with Crippen LogP contribution >= 0.6 is 22.9 Å². The molecule has 2 aromatic carbocycles. The van der Waals surface area contributed by atoms with E-state index in [9.17, 15) is 4.39 Å². The Balaban J connectivity index is 1.93. The largest absolute Gasteiger partial charge is 0.376 e. The fourth-order valence-corrected chi connectivity index (χ4v) is 3.95. The number of hydrogen-bond donors (Lipinski definition) is 1. The maximum Gasteiger partial charge on any atom is 0.124 e. The van der Waals surface area contributed by atoms with Crippen LogP contribution in [0.3, 0.4) is 0 Å². The molecule has 1 N–H and O–H groups in total. The summed E-state index contributed by atoms with van der Waals surface area (Å²) >= 11 is 7.86. The lowest BCUT2D eigenvalue weighted by Gasteiger charge is -2.16. The van der Waals surface area contributed by atoms with Crippen LogP contribution in [0.1, 0.15) is 23.4 Å². The molecule has 0 bridgehead atoms. The lowest BCUT2D eigenvalue weighted by Crippen LogP contribution is -2.06. The molecule has 3 aromatic rings. The van der Waals surface area contributed by atoms with E-state index in [2.05, 4.69) is 43.4 Å². The molecule has 4 heteroatoms. The van der Waals surface area contributed by atoms with Crippen molar-refractivity contribution in [3.8, 4) is 0 Å². The maximum absolute atomic E-state index is 13.1. The molecule has 1 aromatic heterocycles. The Kier molecular flexibility index (Phi) is 3.87. The third-order valence-electron chi connectivity index (χ3n) is 3.58. The SMILES string of the molecule is Cc1c(C(C)Nc2ccc(F)cc2Cl)sc2ccccc12. The Hall–Kier alpha value is -1.58. The third kappa shape index (κ3) is 2.76. The van der Waals surface area contributed by atoms with Crippen LogP contribution in [-0.2, 0) is 0 Å². The van der Waals surface area contributed by atoms with Gasteiger partial charge in [-0.05, 0) is 49.1 Å². The first-order valence-electron chi connectivity index (χ1n) is 6.76. The van der Waals surface area contributed by atoms with Gasteiger partial charge in [-0.15, -0.1) is 11.3 Å². The summed E-state index contributed by atoms with van der Waals surface area (Å²) in [5, 5.41) is 5.06. The number of benzene rings is 2. The van der Waals surface area contributed by atoms with Crippen LogP contribution in [-0.4, -0.2) is 0 Å². The van der Waals surface area contributed by atoms with Gasteiger partial charge in [-0.1, -0.05) is 29.8 Å². The Morgan fingerprint density at radius 1 is 1.19 bits per heavy atom. The van der Waals surface area contributed by atoms with Crippen LogP contribution in [0.25, 0.3) is 10.1 Å². The minimum atomic E-state index is -0.323. The lowest BCUT2D eigenvalue weighted by atomic mass is 10.1. The van der Waals surface area contributed by atoms with E-state index in [1.165, 1.54) is 32.7 Å². The average molecular weight is 320 g/mol. The van der Waals surface area contributed by atoms with E-state index in [0.29, 0.717) is 5.02 Å². The van der Waals surface area contributed by atoms with Crippen molar-refractivity contribution in [2.45, 2.75) is 19.9 Å². The smallest absolute Gasteiger partial charge is 0.124 e. The molecule has 0 radical (unpaired) electrons. The normalized spacial score (nSPS) is 12.6. The highest BCUT2D eigenvalue weighted by molar-refractivity contribution is 7.19. The molecule has 108 valence electrons. The van der Waals surface area contributed by atoms with E-state index in [-0.39, 0.29) is 11.9 Å². The highest BCUT2D eigenvalue weighted by Gasteiger charge is 2.15. The summed E-state index contributed by atoms with van der Waals surface area (Å²) in [5.41, 5.74) is 2.04. The molecule has 0 fully saturated rings. The van der Waals surface area contributed by atoms with Gasteiger partial charge in [-0.25, -0.2) is 4.39 Å². The summed E-state index contributed by atoms with van der Waals surface area (Å²) < 4.78 is 14.4. The Bertz CT molecular complexity index is 797. The van der Waals surface area contributed by atoms with Crippen molar-refractivity contribution in [3.63, 3.8) is 0 Å². The van der Waals surface area contributed by atoms with Gasteiger partial charge in [0, 0.05) is 9.58 Å². The van der Waals surface area contributed by atoms with E-state index in [4.69, 9.17) is 11.6 Å². The number of fused-ring (bicyclic) bond motifs is 1. The van der Waals surface area contributed by atoms with Crippen LogP contribution in [0.5, 0.6) is 0 Å². The Morgan fingerprint density at radius 2 is 1.95 bits per heavy atom. The Labute approximate surface area is 132 Å². The monoisotopic (exact) mass is 319 g/mol. The second-order valence-corrected chi connectivity index (χ2v) is 6.57. The predicted molar refractivity (Wildman–Crippen MR) is 90.0 cm³/mol. The molecule has 0 amide bonds. The molecule has 0 saturated heterocycles. The zero-order chi connectivity index (χ0) is 15.0. The molecule has 1 nitrogen and oxygen atoms in total. The van der Waals surface area contributed by atoms with Crippen molar-refractivity contribution in [2.24, 2.45) is 0 Å². The first-order valence-corrected chi connectivity index (χ1v) is 7.95. The first-order chi connectivity index (χ1) is 10.1. The van der Waals surface area contributed by atoms with Gasteiger partial charge in [0.15, 0.2) is 0 Å². The molecular formula is C17H15ClFNS. The molecule has 0 aliphatic rings. The Morgan fingerprint density at radius 3 is 2.67 bits per heavy atom. The van der Waals surface area contributed by atoms with Crippen LogP contribution < -0.4 is 5.32 Å². The molecule has 1 unspecified atom stereocenters. The van der Waals surface area contributed by atoms with E-state index < -0.39 is 0 Å². The zero-order valence-electron chi connectivity index (χ0n) is 11.8. The van der Waals surface area contributed by atoms with Crippen molar-refractivity contribution in [1.29, 1.82) is 0 Å². The van der Waals surface area contributed by atoms with Crippen molar-refractivity contribution >= 4 is 38.7 Å². The van der Waals surface area contributed by atoms with Crippen molar-refractivity contribution < 1.29 is 4.39 Å². The maximum atomic E-state index is 13.1. The number of halogens is 2. The second kappa shape index (κ2) is 5.66. The molecule has 0 saturated carbocycles. The van der Waals surface area contributed by atoms with Gasteiger partial charge in [-0.3, -0.25) is 0 Å². The van der Waals surface area contributed by atoms with Gasteiger partial charge in [0.2, 0.25) is 0 Å². The highest BCUT2D eigenvalue weighted by atomic mass is 35.5. The van der Waals surface area contributed by atoms with Crippen molar-refractivity contribution in [3.05, 3.63) is 63.7 Å². The number of nitrogens with one attached hydrogen (secondary N) is 1. The molecule has 0 aliphatic heterocycles. The van der Waals surface area contributed by atoms with Gasteiger partial charge >= 0.3 is 0 Å². The predicted octanol–water partition coefficient (Wildman–Crippen LogP) is 6.18. The van der Waals surface area contributed by atoms with Gasteiger partial charge in [0.05, 0.1) is 16.8 Å². The summed E-state index contributed by atoms with van der Waals surface area (Å²) in [6, 6.07) is 12.9. The third-order valence-corrected chi connectivity index (χ3v) is 5.35. The fourth-order valence-electron chi connectivity index (χ4n) is 2.51. The number of rotatable bonds is 3. The summed E-state index contributed by atoms with van der Waals surface area (Å²) in [6.45, 7) is 4.23. The summed E-state index contributed by atoms with van der Waals surface area (Å²) in [6.07, 6.45) is 0. The van der Waals surface area contributed by atoms with E-state index >= 15 is 0 Å². The number of aryl methyl sites for hydroxylation is 1. The summed E-state index contributed by atoms with van der Waals surface area (Å²) in [5.74, 6) is -0.323. The minimum absolute atomic E-state index is 0.116. The van der Waals surface area contributed by atoms with Gasteiger partial charge in [0.1, 0.15) is 5.82 Å². The van der Waals surface area contributed by atoms with Gasteiger partial charge < -0.3 is 5.32 Å². The second-order valence-electron chi connectivity index (χ2n) is 5.08. The molecule has 21 heavy (non-hydrogen) atoms. The van der Waals surface area contributed by atoms with Crippen molar-refractivity contribution in [1.82, 2.24) is 0 Å². The summed E-state index contributed by atoms with van der Waals surface area (Å²) in [7, 11) is 0. The van der Waals surface area contributed by atoms with Crippen LogP contribution in [0, 0.1) is 12.7 Å². The molecular weight excluding hydrogens is 305 g/mol. The van der Waals surface area contributed by atoms with Crippen LogP contribution in [0.15, 0.2) is 42.5 Å². The van der Waals surface area contributed by atoms with Crippen molar-refractivity contribution in [2.75, 3.05) is 5.32 Å². The number of anilines is 1. The molecule has 0 aliphatic carbocycles. The quantitative estimate of drug-likeness (QED) is 0.608. The fraction of sp³-hybridized carbons (Fsp3) is 0.176. The molecule has 1 atom stereocenters. The lowest BCUT2D eigenvalue weighted by molar-refractivity contribution is 0.628. The van der Waals surface area contributed by atoms with E-state index in [0.717, 1.165) is 5.69 Å². The molecule has 3 rings (SSSR count). The molecule has 0 spiro atoms. The van der Waals surface area contributed by atoms with E-state index in [1.807, 2.05) is 0 Å². The van der Waals surface area contributed by atoms with Crippen LogP contribution in [0.2, 0.25) is 5.02 Å². The van der Waals surface area contributed by atoms with Crippen LogP contribution in [0.4, 0.5) is 10.1 Å². The first kappa shape index (κ1) is 14.4. The minimum Gasteiger partial charge on any atom is -0.376 e. The van der Waals surface area contributed by atoms with Gasteiger partial charge in [0.25, 0.3) is 0 Å². The standard InChI is InChI=1S/C17H15ClFNS/c1-10-13-5-3-4-6-16(13)21-17(10)11(2)20-15-8-7-12(19)9-14(15)18/h3-9,11,20H,1-2H3. The highest BCUT2D eigenvalue weighted by Crippen LogP contribution is 2.36. The summed E-state index contributed by atoms with van der Waals surface area (Å²) in [4.78, 5) is 1.27. The average Bonchev–Trinajstić information content (AvgIpc) is 2.80.